The van der Waals surface area contributed by atoms with Crippen molar-refractivity contribution in [2.45, 2.75) is 19.9 Å². The Hall–Kier alpha value is -2.55. The van der Waals surface area contributed by atoms with Crippen LogP contribution in [0.25, 0.3) is 5.65 Å². The van der Waals surface area contributed by atoms with Gasteiger partial charge in [0.05, 0.1) is 5.51 Å². The molecule has 0 bridgehead atoms. The number of aromatic nitrogens is 5. The summed E-state index contributed by atoms with van der Waals surface area (Å²) in [6, 6.07) is 3.95. The molecule has 1 aliphatic heterocycles. The van der Waals surface area contributed by atoms with Crippen molar-refractivity contribution >= 4 is 28.7 Å². The summed E-state index contributed by atoms with van der Waals surface area (Å²) in [5, 5.41) is 10.6. The highest BCUT2D eigenvalue weighted by Crippen LogP contribution is 2.19. The Labute approximate surface area is 142 Å². The summed E-state index contributed by atoms with van der Waals surface area (Å²) in [4.78, 5) is 25.0. The van der Waals surface area contributed by atoms with Gasteiger partial charge in [-0.15, -0.1) is 26.2 Å². The third kappa shape index (κ3) is 2.60. The number of aryl methyl sites for hydroxylation is 1. The van der Waals surface area contributed by atoms with Gasteiger partial charge in [0.2, 0.25) is 0 Å². The highest BCUT2D eigenvalue weighted by Gasteiger charge is 2.29. The van der Waals surface area contributed by atoms with Crippen LogP contribution in [0, 0.1) is 6.92 Å². The lowest BCUT2D eigenvalue weighted by Crippen LogP contribution is -2.54. The Morgan fingerprint density at radius 3 is 2.92 bits per heavy atom. The van der Waals surface area contributed by atoms with E-state index in [4.69, 9.17) is 0 Å². The molecule has 0 spiro atoms. The molecule has 0 unspecified atom stereocenters. The van der Waals surface area contributed by atoms with Crippen molar-refractivity contribution in [3.05, 3.63) is 34.5 Å². The number of fused-ring (bicyclic) bond motifs is 1. The van der Waals surface area contributed by atoms with Gasteiger partial charge in [0.15, 0.2) is 11.5 Å². The Morgan fingerprint density at radius 2 is 2.17 bits per heavy atom. The van der Waals surface area contributed by atoms with Gasteiger partial charge >= 0.3 is 0 Å². The molecule has 1 aliphatic rings. The number of nitrogens with zero attached hydrogens (tertiary/aromatic N) is 7. The quantitative estimate of drug-likeness (QED) is 0.696. The molecule has 4 heterocycles. The first-order valence-corrected chi connectivity index (χ1v) is 8.71. The molecule has 24 heavy (non-hydrogen) atoms. The van der Waals surface area contributed by atoms with Gasteiger partial charge < -0.3 is 9.80 Å². The van der Waals surface area contributed by atoms with Crippen molar-refractivity contribution in [2.75, 3.05) is 24.5 Å². The van der Waals surface area contributed by atoms with Gasteiger partial charge in [-0.1, -0.05) is 0 Å². The van der Waals surface area contributed by atoms with Gasteiger partial charge in [0.25, 0.3) is 5.91 Å². The molecule has 0 aliphatic carbocycles. The van der Waals surface area contributed by atoms with Crippen molar-refractivity contribution in [1.82, 2.24) is 29.7 Å². The lowest BCUT2D eigenvalue weighted by Gasteiger charge is -2.40. The number of rotatable bonds is 2. The van der Waals surface area contributed by atoms with Gasteiger partial charge in [-0.2, -0.15) is 0 Å². The summed E-state index contributed by atoms with van der Waals surface area (Å²) in [6.07, 6.45) is 0. The minimum absolute atomic E-state index is 0.00119. The Bertz CT molecular complexity index is 875. The van der Waals surface area contributed by atoms with Crippen molar-refractivity contribution in [3.63, 3.8) is 0 Å². The minimum atomic E-state index is -0.00119. The molecular formula is C15H17N7OS. The maximum Gasteiger partial charge on any atom is 0.273 e. The molecule has 4 rings (SSSR count). The number of piperazine rings is 1. The highest BCUT2D eigenvalue weighted by molar-refractivity contribution is 7.07. The minimum Gasteiger partial charge on any atom is -0.351 e. The number of carbonyl (C=O) groups excluding carboxylic acids is 1. The predicted molar refractivity (Wildman–Crippen MR) is 90.3 cm³/mol. The van der Waals surface area contributed by atoms with Crippen LogP contribution in [0.5, 0.6) is 0 Å². The van der Waals surface area contributed by atoms with Gasteiger partial charge in [0.1, 0.15) is 11.5 Å². The molecule has 8 nitrogen and oxygen atoms in total. The monoisotopic (exact) mass is 343 g/mol. The van der Waals surface area contributed by atoms with Crippen LogP contribution in [0.4, 0.5) is 5.82 Å². The van der Waals surface area contributed by atoms with E-state index in [1.807, 2.05) is 24.0 Å². The Morgan fingerprint density at radius 1 is 1.29 bits per heavy atom. The second-order valence-electron chi connectivity index (χ2n) is 5.87. The van der Waals surface area contributed by atoms with E-state index in [1.165, 1.54) is 11.3 Å². The molecule has 1 fully saturated rings. The van der Waals surface area contributed by atoms with Gasteiger partial charge in [-0.3, -0.25) is 4.79 Å². The molecule has 1 saturated heterocycles. The molecule has 9 heteroatoms. The lowest BCUT2D eigenvalue weighted by molar-refractivity contribution is 0.0668. The van der Waals surface area contributed by atoms with Crippen LogP contribution in [0.15, 0.2) is 23.0 Å². The summed E-state index contributed by atoms with van der Waals surface area (Å²) in [5.41, 5.74) is 2.95. The fourth-order valence-electron chi connectivity index (χ4n) is 2.98. The molecule has 0 radical (unpaired) electrons. The highest BCUT2D eigenvalue weighted by atomic mass is 32.1. The number of hydrogen-bond donors (Lipinski definition) is 0. The molecule has 1 atom stereocenters. The zero-order valence-corrected chi connectivity index (χ0v) is 14.3. The summed E-state index contributed by atoms with van der Waals surface area (Å²) in [6.45, 7) is 6.00. The maximum atomic E-state index is 12.5. The lowest BCUT2D eigenvalue weighted by atomic mass is 10.1. The van der Waals surface area contributed by atoms with E-state index < -0.39 is 0 Å². The normalized spacial score (nSPS) is 18.3. The summed E-state index contributed by atoms with van der Waals surface area (Å²) in [5.74, 6) is 1.55. The van der Waals surface area contributed by atoms with E-state index in [0.717, 1.165) is 24.6 Å². The zero-order chi connectivity index (χ0) is 16.7. The maximum absolute atomic E-state index is 12.5. The van der Waals surface area contributed by atoms with E-state index in [1.54, 1.807) is 15.5 Å². The number of anilines is 1. The van der Waals surface area contributed by atoms with E-state index >= 15 is 0 Å². The largest absolute Gasteiger partial charge is 0.351 e. The third-order valence-corrected chi connectivity index (χ3v) is 4.75. The van der Waals surface area contributed by atoms with Crippen LogP contribution in [0.1, 0.15) is 23.2 Å². The number of hydrogen-bond acceptors (Lipinski definition) is 7. The average molecular weight is 343 g/mol. The van der Waals surface area contributed by atoms with Crippen molar-refractivity contribution in [1.29, 1.82) is 0 Å². The van der Waals surface area contributed by atoms with Crippen molar-refractivity contribution < 1.29 is 4.79 Å². The second-order valence-corrected chi connectivity index (χ2v) is 6.58. The summed E-state index contributed by atoms with van der Waals surface area (Å²) < 4.78 is 1.56. The molecule has 0 saturated carbocycles. The summed E-state index contributed by atoms with van der Waals surface area (Å²) >= 11 is 1.44. The predicted octanol–water partition coefficient (Wildman–Crippen LogP) is 1.24. The van der Waals surface area contributed by atoms with Gasteiger partial charge in [-0.05, 0) is 26.0 Å². The first kappa shape index (κ1) is 15.0. The first-order valence-electron chi connectivity index (χ1n) is 7.76. The van der Waals surface area contributed by atoms with Crippen LogP contribution >= 0.6 is 11.3 Å². The third-order valence-electron chi connectivity index (χ3n) is 4.16. The SMILES string of the molecule is Cc1nc2ccc(N3CCN(C(=O)c4cscn4)[C@@H](C)C3)nn2n1. The molecular weight excluding hydrogens is 326 g/mol. The fraction of sp³-hybridized carbons (Fsp3) is 0.400. The van der Waals surface area contributed by atoms with Crippen LogP contribution < -0.4 is 4.90 Å². The second kappa shape index (κ2) is 5.82. The molecule has 0 aromatic carbocycles. The van der Waals surface area contributed by atoms with E-state index in [-0.39, 0.29) is 11.9 Å². The van der Waals surface area contributed by atoms with Gasteiger partial charge in [0, 0.05) is 31.1 Å². The van der Waals surface area contributed by atoms with Crippen molar-refractivity contribution in [3.8, 4) is 0 Å². The smallest absolute Gasteiger partial charge is 0.273 e. The van der Waals surface area contributed by atoms with Crippen LogP contribution in [-0.2, 0) is 0 Å². The number of thiazole rings is 1. The zero-order valence-electron chi connectivity index (χ0n) is 13.5. The van der Waals surface area contributed by atoms with E-state index in [2.05, 4.69) is 32.0 Å². The Kier molecular flexibility index (Phi) is 3.64. The standard InChI is InChI=1S/C15H17N7OS/c1-10-7-20(5-6-21(10)15(23)12-8-24-9-16-12)14-4-3-13-17-11(2)18-22(13)19-14/h3-4,8-10H,5-7H2,1-2H3/t10-/m0/s1. The molecule has 0 N–H and O–H groups in total. The van der Waals surface area contributed by atoms with Crippen LogP contribution in [-0.4, -0.2) is 61.3 Å². The Balaban J connectivity index is 1.52. The average Bonchev–Trinajstić information content (AvgIpc) is 3.21. The van der Waals surface area contributed by atoms with Crippen LogP contribution in [0.3, 0.4) is 0 Å². The molecule has 1 amide bonds. The van der Waals surface area contributed by atoms with E-state index in [9.17, 15) is 4.79 Å². The first-order chi connectivity index (χ1) is 11.6. The fourth-order valence-corrected chi connectivity index (χ4v) is 3.51. The van der Waals surface area contributed by atoms with E-state index in [0.29, 0.717) is 18.1 Å². The van der Waals surface area contributed by atoms with Gasteiger partial charge in [-0.25, -0.2) is 9.97 Å². The molecule has 3 aromatic rings. The molecule has 124 valence electrons. The molecule has 3 aromatic heterocycles. The van der Waals surface area contributed by atoms with Crippen LogP contribution in [0.2, 0.25) is 0 Å². The van der Waals surface area contributed by atoms with Crippen molar-refractivity contribution in [2.24, 2.45) is 0 Å². The summed E-state index contributed by atoms with van der Waals surface area (Å²) in [7, 11) is 0. The topological polar surface area (TPSA) is 79.5 Å². The number of amides is 1. The number of carbonyl (C=O) groups is 1.